The van der Waals surface area contributed by atoms with Gasteiger partial charge in [0, 0.05) is 10.9 Å². The minimum atomic E-state index is -1.02. The van der Waals surface area contributed by atoms with Gasteiger partial charge in [-0.15, -0.1) is 11.3 Å². The van der Waals surface area contributed by atoms with Crippen molar-refractivity contribution in [2.24, 2.45) is 5.92 Å². The predicted molar refractivity (Wildman–Crippen MR) is 99.3 cm³/mol. The zero-order chi connectivity index (χ0) is 18.7. The summed E-state index contributed by atoms with van der Waals surface area (Å²) in [5, 5.41) is 5.03. The molecule has 1 aromatic heterocycles. The molecule has 2 unspecified atom stereocenters. The quantitative estimate of drug-likeness (QED) is 0.788. The SMILES string of the molecule is CC1CCc2sc(C(=O)OC(C)C(=O)NC(=O)NC3CCCC3)cc2C1. The molecule has 2 aliphatic rings. The molecule has 0 bridgehead atoms. The van der Waals surface area contributed by atoms with Gasteiger partial charge in [-0.3, -0.25) is 10.1 Å². The first-order valence-electron chi connectivity index (χ1n) is 9.36. The second kappa shape index (κ2) is 8.20. The summed E-state index contributed by atoms with van der Waals surface area (Å²) < 4.78 is 5.25. The van der Waals surface area contributed by atoms with Crippen molar-refractivity contribution in [3.05, 3.63) is 21.4 Å². The largest absolute Gasteiger partial charge is 0.448 e. The van der Waals surface area contributed by atoms with E-state index in [0.29, 0.717) is 10.8 Å². The fourth-order valence-corrected chi connectivity index (χ4v) is 4.68. The predicted octanol–water partition coefficient (Wildman–Crippen LogP) is 3.19. The number of carbonyl (C=O) groups excluding carboxylic acids is 3. The molecule has 1 aromatic rings. The Labute approximate surface area is 157 Å². The molecule has 6 nitrogen and oxygen atoms in total. The topological polar surface area (TPSA) is 84.5 Å². The molecule has 0 radical (unpaired) electrons. The van der Waals surface area contributed by atoms with Gasteiger partial charge in [-0.25, -0.2) is 9.59 Å². The minimum absolute atomic E-state index is 0.125. The van der Waals surface area contributed by atoms with Gasteiger partial charge in [0.05, 0.1) is 0 Å². The molecular weight excluding hydrogens is 352 g/mol. The van der Waals surface area contributed by atoms with E-state index in [1.165, 1.54) is 28.7 Å². The number of nitrogens with one attached hydrogen (secondary N) is 2. The van der Waals surface area contributed by atoms with Crippen LogP contribution in [-0.2, 0) is 22.4 Å². The van der Waals surface area contributed by atoms with Gasteiger partial charge in [0.1, 0.15) is 4.88 Å². The van der Waals surface area contributed by atoms with E-state index in [-0.39, 0.29) is 6.04 Å². The monoisotopic (exact) mass is 378 g/mol. The highest BCUT2D eigenvalue weighted by molar-refractivity contribution is 7.14. The maximum atomic E-state index is 12.3. The number of hydrogen-bond acceptors (Lipinski definition) is 5. The summed E-state index contributed by atoms with van der Waals surface area (Å²) in [5.41, 5.74) is 1.22. The molecule has 2 aliphatic carbocycles. The maximum Gasteiger partial charge on any atom is 0.349 e. The number of imide groups is 1. The van der Waals surface area contributed by atoms with E-state index in [2.05, 4.69) is 17.6 Å². The summed E-state index contributed by atoms with van der Waals surface area (Å²) in [6.45, 7) is 3.69. The first kappa shape index (κ1) is 18.9. The Morgan fingerprint density at radius 2 is 1.96 bits per heavy atom. The second-order valence-corrected chi connectivity index (χ2v) is 8.54. The smallest absolute Gasteiger partial charge is 0.349 e. The summed E-state index contributed by atoms with van der Waals surface area (Å²) in [4.78, 5) is 38.0. The first-order chi connectivity index (χ1) is 12.4. The van der Waals surface area contributed by atoms with Crippen LogP contribution in [0.5, 0.6) is 0 Å². The van der Waals surface area contributed by atoms with Crippen molar-refractivity contribution in [2.75, 3.05) is 0 Å². The van der Waals surface area contributed by atoms with Gasteiger partial charge in [0.2, 0.25) is 0 Å². The van der Waals surface area contributed by atoms with Crippen LogP contribution in [0.2, 0.25) is 0 Å². The lowest BCUT2D eigenvalue weighted by Gasteiger charge is -2.16. The van der Waals surface area contributed by atoms with Crippen LogP contribution >= 0.6 is 11.3 Å². The molecule has 0 aromatic carbocycles. The average molecular weight is 378 g/mol. The molecule has 1 heterocycles. The summed E-state index contributed by atoms with van der Waals surface area (Å²) in [7, 11) is 0. The van der Waals surface area contributed by atoms with E-state index in [1.54, 1.807) is 0 Å². The number of thiophene rings is 1. The molecule has 0 aliphatic heterocycles. The summed E-state index contributed by atoms with van der Waals surface area (Å²) in [6, 6.07) is 1.49. The zero-order valence-corrected chi connectivity index (χ0v) is 16.1. The Kier molecular flexibility index (Phi) is 5.96. The Bertz CT molecular complexity index is 694. The minimum Gasteiger partial charge on any atom is -0.448 e. The molecule has 1 saturated carbocycles. The lowest BCUT2D eigenvalue weighted by molar-refractivity contribution is -0.127. The Balaban J connectivity index is 1.50. The average Bonchev–Trinajstić information content (AvgIpc) is 3.23. The van der Waals surface area contributed by atoms with Crippen LogP contribution < -0.4 is 10.6 Å². The van der Waals surface area contributed by atoms with Crippen molar-refractivity contribution in [1.82, 2.24) is 10.6 Å². The maximum absolute atomic E-state index is 12.3. The number of amides is 3. The van der Waals surface area contributed by atoms with E-state index in [4.69, 9.17) is 4.74 Å². The molecule has 7 heteroatoms. The zero-order valence-electron chi connectivity index (χ0n) is 15.3. The molecule has 26 heavy (non-hydrogen) atoms. The second-order valence-electron chi connectivity index (χ2n) is 7.40. The van der Waals surface area contributed by atoms with E-state index < -0.39 is 24.0 Å². The highest BCUT2D eigenvalue weighted by Crippen LogP contribution is 2.32. The summed E-state index contributed by atoms with van der Waals surface area (Å²) >= 11 is 1.45. The molecule has 142 valence electrons. The first-order valence-corrected chi connectivity index (χ1v) is 10.2. The van der Waals surface area contributed by atoms with E-state index >= 15 is 0 Å². The Morgan fingerprint density at radius 3 is 2.69 bits per heavy atom. The van der Waals surface area contributed by atoms with Gasteiger partial charge in [0.15, 0.2) is 6.10 Å². The third-order valence-corrected chi connectivity index (χ3v) is 6.33. The van der Waals surface area contributed by atoms with Gasteiger partial charge in [0.25, 0.3) is 5.91 Å². The number of esters is 1. The molecule has 3 amide bonds. The van der Waals surface area contributed by atoms with E-state index in [1.807, 2.05) is 6.07 Å². The van der Waals surface area contributed by atoms with E-state index in [0.717, 1.165) is 44.9 Å². The lowest BCUT2D eigenvalue weighted by atomic mass is 9.90. The molecule has 3 rings (SSSR count). The van der Waals surface area contributed by atoms with Crippen LogP contribution in [0.4, 0.5) is 4.79 Å². The van der Waals surface area contributed by atoms with Crippen LogP contribution in [0, 0.1) is 5.92 Å². The normalized spacial score (nSPS) is 20.9. The van der Waals surface area contributed by atoms with E-state index in [9.17, 15) is 14.4 Å². The number of aryl methyl sites for hydroxylation is 1. The van der Waals surface area contributed by atoms with Crippen molar-refractivity contribution in [1.29, 1.82) is 0 Å². The van der Waals surface area contributed by atoms with Crippen LogP contribution in [0.1, 0.15) is 66.1 Å². The highest BCUT2D eigenvalue weighted by atomic mass is 32.1. The van der Waals surface area contributed by atoms with Gasteiger partial charge >= 0.3 is 12.0 Å². The van der Waals surface area contributed by atoms with Gasteiger partial charge in [-0.2, -0.15) is 0 Å². The highest BCUT2D eigenvalue weighted by Gasteiger charge is 2.25. The van der Waals surface area contributed by atoms with Gasteiger partial charge in [-0.1, -0.05) is 19.8 Å². The van der Waals surface area contributed by atoms with Gasteiger partial charge < -0.3 is 10.1 Å². The number of rotatable bonds is 4. The van der Waals surface area contributed by atoms with Crippen LogP contribution in [-0.4, -0.2) is 30.1 Å². The van der Waals surface area contributed by atoms with Crippen molar-refractivity contribution in [3.8, 4) is 0 Å². The third kappa shape index (κ3) is 4.63. The number of fused-ring (bicyclic) bond motifs is 1. The summed E-state index contributed by atoms with van der Waals surface area (Å²) in [5.74, 6) is -0.483. The van der Waals surface area contributed by atoms with Crippen molar-refractivity contribution < 1.29 is 19.1 Å². The number of urea groups is 1. The molecule has 1 fully saturated rings. The van der Waals surface area contributed by atoms with Crippen molar-refractivity contribution >= 4 is 29.2 Å². The Hall–Kier alpha value is -1.89. The van der Waals surface area contributed by atoms with Gasteiger partial charge in [-0.05, 0) is 56.6 Å². The fourth-order valence-electron chi connectivity index (χ4n) is 3.58. The van der Waals surface area contributed by atoms with Crippen LogP contribution in [0.3, 0.4) is 0 Å². The standard InChI is InChI=1S/C19H26N2O4S/c1-11-7-8-15-13(9-11)10-16(26-15)18(23)25-12(2)17(22)21-19(24)20-14-5-3-4-6-14/h10-12,14H,3-9H2,1-2H3,(H2,20,21,22,24). The van der Waals surface area contributed by atoms with Crippen molar-refractivity contribution in [2.45, 2.75) is 70.9 Å². The number of hydrogen-bond donors (Lipinski definition) is 2. The third-order valence-electron chi connectivity index (χ3n) is 5.11. The summed E-state index contributed by atoms with van der Waals surface area (Å²) in [6.07, 6.45) is 6.16. The fraction of sp³-hybridized carbons (Fsp3) is 0.632. The molecule has 2 N–H and O–H groups in total. The molecule has 0 spiro atoms. The van der Waals surface area contributed by atoms with Crippen LogP contribution in [0.15, 0.2) is 6.07 Å². The lowest BCUT2D eigenvalue weighted by Crippen LogP contribution is -2.47. The molecular formula is C19H26N2O4S. The number of carbonyl (C=O) groups is 3. The van der Waals surface area contributed by atoms with Crippen LogP contribution in [0.25, 0.3) is 0 Å². The number of ether oxygens (including phenoxy) is 1. The molecule has 2 atom stereocenters. The molecule has 0 saturated heterocycles. The van der Waals surface area contributed by atoms with Crippen molar-refractivity contribution in [3.63, 3.8) is 0 Å². The Morgan fingerprint density at radius 1 is 1.23 bits per heavy atom.